The summed E-state index contributed by atoms with van der Waals surface area (Å²) in [4.78, 5) is 43.9. The lowest BCUT2D eigenvalue weighted by Crippen LogP contribution is -2.49. The van der Waals surface area contributed by atoms with Crippen molar-refractivity contribution in [2.45, 2.75) is 20.5 Å². The molecule has 9 nitrogen and oxygen atoms in total. The summed E-state index contributed by atoms with van der Waals surface area (Å²) in [5, 5.41) is 2.78. The summed E-state index contributed by atoms with van der Waals surface area (Å²) < 4.78 is 17.5. The van der Waals surface area contributed by atoms with Crippen LogP contribution >= 0.6 is 0 Å². The molecule has 1 aliphatic heterocycles. The van der Waals surface area contributed by atoms with Gasteiger partial charge in [-0.25, -0.2) is 9.99 Å². The third kappa shape index (κ3) is 4.07. The van der Waals surface area contributed by atoms with Crippen LogP contribution in [0.5, 0.6) is 17.2 Å². The van der Waals surface area contributed by atoms with Crippen LogP contribution < -0.4 is 19.2 Å². The molecule has 1 aromatic heterocycles. The van der Waals surface area contributed by atoms with Gasteiger partial charge in [0.2, 0.25) is 5.91 Å². The summed E-state index contributed by atoms with van der Waals surface area (Å²) >= 11 is 0. The van der Waals surface area contributed by atoms with Crippen LogP contribution in [0.25, 0.3) is 10.9 Å². The smallest absolute Gasteiger partial charge is 0.281 e. The van der Waals surface area contributed by atoms with Crippen LogP contribution in [0, 0.1) is 6.92 Å². The molecule has 0 atom stereocenters. The van der Waals surface area contributed by atoms with Crippen molar-refractivity contribution in [3.8, 4) is 17.2 Å². The number of imide groups is 1. The van der Waals surface area contributed by atoms with Crippen molar-refractivity contribution in [3.63, 3.8) is 0 Å². The van der Waals surface area contributed by atoms with Crippen molar-refractivity contribution >= 4 is 34.3 Å². The Hall–Kier alpha value is -4.92. The number of ether oxygens (including phenoxy) is 3. The Bertz CT molecular complexity index is 1560. The van der Waals surface area contributed by atoms with Crippen molar-refractivity contribution in [1.82, 2.24) is 9.99 Å². The first-order valence-corrected chi connectivity index (χ1v) is 11.9. The van der Waals surface area contributed by atoms with Crippen molar-refractivity contribution in [3.05, 3.63) is 89.1 Å². The van der Waals surface area contributed by atoms with Crippen LogP contribution in [0.4, 0.5) is 5.69 Å². The number of hydrogen-bond acceptors (Lipinski definition) is 7. The van der Waals surface area contributed by atoms with Crippen LogP contribution in [-0.4, -0.2) is 41.9 Å². The monoisotopic (exact) mass is 511 g/mol. The molecule has 0 fully saturated rings. The zero-order chi connectivity index (χ0) is 27.0. The van der Waals surface area contributed by atoms with E-state index in [4.69, 9.17) is 14.2 Å². The number of hydrogen-bond donors (Lipinski definition) is 0. The average molecular weight is 512 g/mol. The molecular formula is C29H25N3O6. The number of fused-ring (bicyclic) bond motifs is 2. The van der Waals surface area contributed by atoms with E-state index in [0.29, 0.717) is 22.6 Å². The summed E-state index contributed by atoms with van der Waals surface area (Å²) in [6.45, 7) is 3.18. The van der Waals surface area contributed by atoms with Crippen molar-refractivity contribution in [2.75, 3.05) is 19.2 Å². The van der Waals surface area contributed by atoms with E-state index in [9.17, 15) is 14.4 Å². The van der Waals surface area contributed by atoms with E-state index in [1.165, 1.54) is 21.1 Å². The third-order valence-electron chi connectivity index (χ3n) is 6.31. The van der Waals surface area contributed by atoms with Gasteiger partial charge in [0.15, 0.2) is 5.75 Å². The molecule has 1 aliphatic rings. The van der Waals surface area contributed by atoms with Gasteiger partial charge < -0.3 is 14.2 Å². The van der Waals surface area contributed by atoms with Gasteiger partial charge in [0.05, 0.1) is 30.9 Å². The molecule has 0 radical (unpaired) electrons. The highest BCUT2D eigenvalue weighted by atomic mass is 16.5. The number of pyridine rings is 1. The van der Waals surface area contributed by atoms with Gasteiger partial charge >= 0.3 is 0 Å². The van der Waals surface area contributed by atoms with Crippen LogP contribution in [0.1, 0.15) is 38.9 Å². The van der Waals surface area contributed by atoms with E-state index in [1.807, 2.05) is 37.3 Å². The number of para-hydroxylation sites is 1. The molecule has 0 unspecified atom stereocenters. The number of amides is 3. The van der Waals surface area contributed by atoms with Gasteiger partial charge in [-0.3, -0.25) is 14.4 Å². The minimum Gasteiger partial charge on any atom is -0.496 e. The summed E-state index contributed by atoms with van der Waals surface area (Å²) in [5.74, 6) is -0.531. The van der Waals surface area contributed by atoms with E-state index in [2.05, 4.69) is 4.98 Å². The van der Waals surface area contributed by atoms with Crippen LogP contribution in [-0.2, 0) is 11.4 Å². The number of methoxy groups -OCH3 is 2. The maximum Gasteiger partial charge on any atom is 0.281 e. The molecule has 3 amide bonds. The molecule has 0 saturated heterocycles. The molecule has 192 valence electrons. The van der Waals surface area contributed by atoms with Gasteiger partial charge in [0.1, 0.15) is 29.3 Å². The summed E-state index contributed by atoms with van der Waals surface area (Å²) in [6.07, 6.45) is 0. The van der Waals surface area contributed by atoms with Crippen molar-refractivity contribution in [2.24, 2.45) is 0 Å². The predicted molar refractivity (Wildman–Crippen MR) is 140 cm³/mol. The van der Waals surface area contributed by atoms with Crippen LogP contribution in [0.2, 0.25) is 0 Å². The number of carbonyl (C=O) groups excluding carboxylic acids is 3. The summed E-state index contributed by atoms with van der Waals surface area (Å²) in [5.41, 5.74) is 2.68. The molecular weight excluding hydrogens is 486 g/mol. The predicted octanol–water partition coefficient (Wildman–Crippen LogP) is 4.70. The van der Waals surface area contributed by atoms with E-state index in [0.717, 1.165) is 21.1 Å². The number of carbonyl (C=O) groups is 3. The number of nitrogens with zero attached hydrogens (tertiary/aromatic N) is 3. The second kappa shape index (κ2) is 9.85. The highest BCUT2D eigenvalue weighted by Gasteiger charge is 2.42. The number of aryl methyl sites for hydroxylation is 1. The SMILES string of the molecule is COc1ccc(N(C(C)=O)N2C(=O)c3ccccc3C2=O)c(OC)c1COc1cccc2ccc(C)nc12. The van der Waals surface area contributed by atoms with Gasteiger partial charge in [0.25, 0.3) is 11.8 Å². The molecule has 4 aromatic rings. The number of aromatic nitrogens is 1. The normalized spacial score (nSPS) is 12.5. The lowest BCUT2D eigenvalue weighted by Gasteiger charge is -2.31. The van der Waals surface area contributed by atoms with Crippen LogP contribution in [0.3, 0.4) is 0 Å². The number of rotatable bonds is 7. The quantitative estimate of drug-likeness (QED) is 0.332. The average Bonchev–Trinajstić information content (AvgIpc) is 3.17. The lowest BCUT2D eigenvalue weighted by atomic mass is 10.1. The van der Waals surface area contributed by atoms with Gasteiger partial charge in [-0.1, -0.05) is 30.3 Å². The molecule has 0 aliphatic carbocycles. The Morgan fingerprint density at radius 1 is 0.868 bits per heavy atom. The first kappa shape index (κ1) is 24.8. The Balaban J connectivity index is 1.57. The molecule has 2 heterocycles. The van der Waals surface area contributed by atoms with E-state index in [-0.39, 0.29) is 29.2 Å². The molecule has 38 heavy (non-hydrogen) atoms. The fraction of sp³-hybridized carbons (Fsp3) is 0.172. The number of hydrazine groups is 1. The second-order valence-electron chi connectivity index (χ2n) is 8.67. The largest absolute Gasteiger partial charge is 0.496 e. The maximum absolute atomic E-state index is 13.2. The zero-order valence-corrected chi connectivity index (χ0v) is 21.3. The first-order chi connectivity index (χ1) is 18.3. The van der Waals surface area contributed by atoms with Gasteiger partial charge in [0, 0.05) is 18.0 Å². The summed E-state index contributed by atoms with van der Waals surface area (Å²) in [6, 6.07) is 19.2. The number of benzene rings is 3. The van der Waals surface area contributed by atoms with E-state index in [1.54, 1.807) is 36.4 Å². The maximum atomic E-state index is 13.2. The van der Waals surface area contributed by atoms with Crippen molar-refractivity contribution < 1.29 is 28.6 Å². The van der Waals surface area contributed by atoms with Gasteiger partial charge in [-0.05, 0) is 43.3 Å². The number of anilines is 1. The lowest BCUT2D eigenvalue weighted by molar-refractivity contribution is -0.118. The van der Waals surface area contributed by atoms with E-state index < -0.39 is 17.7 Å². The fourth-order valence-electron chi connectivity index (χ4n) is 4.58. The Morgan fingerprint density at radius 3 is 2.21 bits per heavy atom. The molecule has 0 saturated carbocycles. The van der Waals surface area contributed by atoms with E-state index >= 15 is 0 Å². The second-order valence-corrected chi connectivity index (χ2v) is 8.67. The van der Waals surface area contributed by atoms with Gasteiger partial charge in [-0.15, -0.1) is 0 Å². The minimum absolute atomic E-state index is 0.00276. The Labute approximate surface area is 219 Å². The Morgan fingerprint density at radius 2 is 1.58 bits per heavy atom. The molecule has 9 heteroatoms. The summed E-state index contributed by atoms with van der Waals surface area (Å²) in [7, 11) is 2.94. The highest BCUT2D eigenvalue weighted by Crippen LogP contribution is 2.41. The first-order valence-electron chi connectivity index (χ1n) is 11.9. The standard InChI is InChI=1S/C29H25N3O6/c1-17-12-13-19-8-7-11-25(26(19)30-17)38-16-22-24(36-3)15-14-23(27(22)37-4)31(18(2)33)32-28(34)20-9-5-6-10-21(20)29(32)35/h5-15H,16H2,1-4H3. The van der Waals surface area contributed by atoms with Crippen LogP contribution in [0.15, 0.2) is 66.7 Å². The third-order valence-corrected chi connectivity index (χ3v) is 6.31. The molecule has 5 rings (SSSR count). The Kier molecular flexibility index (Phi) is 6.42. The highest BCUT2D eigenvalue weighted by molar-refractivity contribution is 6.24. The minimum atomic E-state index is -0.603. The van der Waals surface area contributed by atoms with Gasteiger partial charge in [-0.2, -0.15) is 5.01 Å². The molecule has 0 N–H and O–H groups in total. The molecule has 0 spiro atoms. The topological polar surface area (TPSA) is 98.3 Å². The molecule has 3 aromatic carbocycles. The zero-order valence-electron chi connectivity index (χ0n) is 21.3. The fourth-order valence-corrected chi connectivity index (χ4v) is 4.58. The van der Waals surface area contributed by atoms with Crippen molar-refractivity contribution in [1.29, 1.82) is 0 Å². The molecule has 0 bridgehead atoms.